The smallest absolute Gasteiger partial charge is 0.0756 e. The molecule has 0 radical (unpaired) electrons. The van der Waals surface area contributed by atoms with Crippen molar-refractivity contribution in [3.8, 4) is 0 Å². The molecule has 0 aromatic rings. The molecule has 2 atom stereocenters. The summed E-state index contributed by atoms with van der Waals surface area (Å²) >= 11 is 0. The molecule has 0 aromatic heterocycles. The van der Waals surface area contributed by atoms with E-state index in [0.717, 1.165) is 12.5 Å². The molecule has 2 heteroatoms. The van der Waals surface area contributed by atoms with E-state index in [1.807, 2.05) is 0 Å². The molecule has 2 nitrogen and oxygen atoms in total. The van der Waals surface area contributed by atoms with Crippen molar-refractivity contribution < 1.29 is 4.74 Å². The van der Waals surface area contributed by atoms with Crippen molar-refractivity contribution in [1.29, 1.82) is 0 Å². The lowest BCUT2D eigenvalue weighted by atomic mass is 10.1. The maximum Gasteiger partial charge on any atom is 0.0756 e. The van der Waals surface area contributed by atoms with Crippen LogP contribution in [-0.2, 0) is 4.74 Å². The number of hydrogen-bond acceptors (Lipinski definition) is 2. The molecule has 1 heterocycles. The molecule has 1 N–H and O–H groups in total. The third-order valence-electron chi connectivity index (χ3n) is 4.41. The second-order valence-electron chi connectivity index (χ2n) is 6.14. The van der Waals surface area contributed by atoms with E-state index in [4.69, 9.17) is 4.74 Å². The van der Waals surface area contributed by atoms with Crippen LogP contribution >= 0.6 is 0 Å². The molecule has 2 rings (SSSR count). The topological polar surface area (TPSA) is 21.3 Å². The summed E-state index contributed by atoms with van der Waals surface area (Å²) in [5, 5.41) is 3.73. The van der Waals surface area contributed by atoms with Gasteiger partial charge in [0.15, 0.2) is 0 Å². The van der Waals surface area contributed by atoms with Crippen LogP contribution in [0.5, 0.6) is 0 Å². The van der Waals surface area contributed by atoms with Gasteiger partial charge in [0.25, 0.3) is 0 Å². The Balaban J connectivity index is 1.43. The highest BCUT2D eigenvalue weighted by atomic mass is 16.5. The fraction of sp³-hybridized carbons (Fsp3) is 1.00. The summed E-state index contributed by atoms with van der Waals surface area (Å²) in [7, 11) is 0. The Morgan fingerprint density at radius 3 is 2.39 bits per heavy atom. The largest absolute Gasteiger partial charge is 0.376 e. The third kappa shape index (κ3) is 4.89. The van der Waals surface area contributed by atoms with Crippen LogP contribution in [0.2, 0.25) is 0 Å². The number of ether oxygens (including phenoxy) is 1. The van der Waals surface area contributed by atoms with Gasteiger partial charge in [-0.2, -0.15) is 0 Å². The zero-order valence-corrected chi connectivity index (χ0v) is 12.1. The van der Waals surface area contributed by atoms with Crippen LogP contribution in [0.3, 0.4) is 0 Å². The molecule has 2 aliphatic rings. The predicted octanol–water partition coefficient (Wildman–Crippen LogP) is 3.89. The van der Waals surface area contributed by atoms with Crippen LogP contribution in [0.1, 0.15) is 71.1 Å². The average molecular weight is 253 g/mol. The Kier molecular flexibility index (Phi) is 6.50. The summed E-state index contributed by atoms with van der Waals surface area (Å²) in [6.07, 6.45) is 14.4. The Labute approximate surface area is 113 Å². The van der Waals surface area contributed by atoms with E-state index >= 15 is 0 Å². The molecule has 1 aliphatic carbocycles. The molecule has 1 saturated carbocycles. The van der Waals surface area contributed by atoms with Crippen molar-refractivity contribution in [3.63, 3.8) is 0 Å². The van der Waals surface area contributed by atoms with Crippen molar-refractivity contribution in [2.24, 2.45) is 5.92 Å². The van der Waals surface area contributed by atoms with Crippen molar-refractivity contribution >= 4 is 0 Å². The number of nitrogens with one attached hydrogen (secondary N) is 1. The maximum absolute atomic E-state index is 5.85. The number of rotatable bonds is 10. The molecular weight excluding hydrogens is 222 g/mol. The zero-order valence-electron chi connectivity index (χ0n) is 12.1. The fourth-order valence-corrected chi connectivity index (χ4v) is 3.09. The van der Waals surface area contributed by atoms with E-state index in [1.165, 1.54) is 70.8 Å². The summed E-state index contributed by atoms with van der Waals surface area (Å²) in [5.74, 6) is 0.888. The van der Waals surface area contributed by atoms with E-state index in [9.17, 15) is 0 Å². The zero-order chi connectivity index (χ0) is 12.6. The van der Waals surface area contributed by atoms with Crippen LogP contribution in [0, 0.1) is 5.92 Å². The molecular formula is C16H31NO. The van der Waals surface area contributed by atoms with Gasteiger partial charge in [0, 0.05) is 12.6 Å². The molecule has 2 unspecified atom stereocenters. The summed E-state index contributed by atoms with van der Waals surface area (Å²) in [6, 6.07) is 0.664. The first-order valence-electron chi connectivity index (χ1n) is 8.27. The Bertz CT molecular complexity index is 215. The second-order valence-corrected chi connectivity index (χ2v) is 6.14. The van der Waals surface area contributed by atoms with Gasteiger partial charge in [-0.05, 0) is 38.1 Å². The lowest BCUT2D eigenvalue weighted by Crippen LogP contribution is -2.38. The van der Waals surface area contributed by atoms with Gasteiger partial charge < -0.3 is 10.1 Å². The second kappa shape index (κ2) is 8.16. The average Bonchev–Trinajstić information content (AvgIpc) is 3.12. The van der Waals surface area contributed by atoms with Gasteiger partial charge >= 0.3 is 0 Å². The molecule has 0 aromatic carbocycles. The van der Waals surface area contributed by atoms with Crippen LogP contribution in [0.4, 0.5) is 0 Å². The van der Waals surface area contributed by atoms with Crippen molar-refractivity contribution in [2.45, 2.75) is 83.3 Å². The van der Waals surface area contributed by atoms with Crippen molar-refractivity contribution in [2.75, 3.05) is 13.2 Å². The SMILES string of the molecule is CCCCCCCCCNC1CCOC1C1CC1. The van der Waals surface area contributed by atoms with E-state index in [2.05, 4.69) is 12.2 Å². The van der Waals surface area contributed by atoms with Crippen LogP contribution in [-0.4, -0.2) is 25.3 Å². The van der Waals surface area contributed by atoms with E-state index in [0.29, 0.717) is 12.1 Å². The first-order valence-corrected chi connectivity index (χ1v) is 8.27. The number of hydrogen-bond donors (Lipinski definition) is 1. The lowest BCUT2D eigenvalue weighted by molar-refractivity contribution is 0.0811. The molecule has 106 valence electrons. The molecule has 2 fully saturated rings. The van der Waals surface area contributed by atoms with Crippen LogP contribution < -0.4 is 5.32 Å². The summed E-state index contributed by atoms with van der Waals surface area (Å²) in [5.41, 5.74) is 0. The molecule has 0 bridgehead atoms. The van der Waals surface area contributed by atoms with E-state index in [-0.39, 0.29) is 0 Å². The highest BCUT2D eigenvalue weighted by Gasteiger charge is 2.40. The van der Waals surface area contributed by atoms with Gasteiger partial charge in [0.2, 0.25) is 0 Å². The first-order chi connectivity index (χ1) is 8.92. The highest BCUT2D eigenvalue weighted by molar-refractivity contribution is 4.93. The minimum absolute atomic E-state index is 0.551. The van der Waals surface area contributed by atoms with E-state index < -0.39 is 0 Å². The van der Waals surface area contributed by atoms with Crippen LogP contribution in [0.15, 0.2) is 0 Å². The summed E-state index contributed by atoms with van der Waals surface area (Å²) in [4.78, 5) is 0. The summed E-state index contributed by atoms with van der Waals surface area (Å²) < 4.78 is 5.85. The third-order valence-corrected chi connectivity index (χ3v) is 4.41. The van der Waals surface area contributed by atoms with Gasteiger partial charge in [-0.25, -0.2) is 0 Å². The normalized spacial score (nSPS) is 27.8. The molecule has 0 spiro atoms. The monoisotopic (exact) mass is 253 g/mol. The van der Waals surface area contributed by atoms with Gasteiger partial charge in [-0.1, -0.05) is 45.4 Å². The Hall–Kier alpha value is -0.0800. The fourth-order valence-electron chi connectivity index (χ4n) is 3.09. The van der Waals surface area contributed by atoms with Crippen molar-refractivity contribution in [1.82, 2.24) is 5.32 Å². The van der Waals surface area contributed by atoms with Gasteiger partial charge in [-0.15, -0.1) is 0 Å². The minimum Gasteiger partial charge on any atom is -0.376 e. The lowest BCUT2D eigenvalue weighted by Gasteiger charge is -2.19. The predicted molar refractivity (Wildman–Crippen MR) is 76.9 cm³/mol. The van der Waals surface area contributed by atoms with E-state index in [1.54, 1.807) is 0 Å². The first kappa shape index (κ1) is 14.3. The Morgan fingerprint density at radius 1 is 0.944 bits per heavy atom. The minimum atomic E-state index is 0.551. The Morgan fingerprint density at radius 2 is 1.67 bits per heavy atom. The maximum atomic E-state index is 5.85. The molecule has 1 aliphatic heterocycles. The van der Waals surface area contributed by atoms with Gasteiger partial charge in [0.05, 0.1) is 6.10 Å². The standard InChI is InChI=1S/C16H31NO/c1-2-3-4-5-6-7-8-12-17-15-11-13-18-16(15)14-9-10-14/h14-17H,2-13H2,1H3. The molecule has 18 heavy (non-hydrogen) atoms. The summed E-state index contributed by atoms with van der Waals surface area (Å²) in [6.45, 7) is 4.46. The van der Waals surface area contributed by atoms with Gasteiger partial charge in [0.1, 0.15) is 0 Å². The molecule has 1 saturated heterocycles. The molecule has 0 amide bonds. The van der Waals surface area contributed by atoms with Gasteiger partial charge in [-0.3, -0.25) is 0 Å². The quantitative estimate of drug-likeness (QED) is 0.596. The highest BCUT2D eigenvalue weighted by Crippen LogP contribution is 2.38. The number of unbranched alkanes of at least 4 members (excludes halogenated alkanes) is 6. The van der Waals surface area contributed by atoms with Crippen molar-refractivity contribution in [3.05, 3.63) is 0 Å². The van der Waals surface area contributed by atoms with Crippen LogP contribution in [0.25, 0.3) is 0 Å².